The molecule has 30 heavy (non-hydrogen) atoms. The molecule has 2 atom stereocenters. The Balaban J connectivity index is 1.39. The first-order valence-electron chi connectivity index (χ1n) is 9.82. The summed E-state index contributed by atoms with van der Waals surface area (Å²) in [5.74, 6) is 0.353. The molecule has 0 saturated carbocycles. The van der Waals surface area contributed by atoms with Crippen molar-refractivity contribution in [3.63, 3.8) is 0 Å². The van der Waals surface area contributed by atoms with E-state index in [1.54, 1.807) is 30.0 Å². The van der Waals surface area contributed by atoms with Crippen LogP contribution >= 0.6 is 0 Å². The first-order chi connectivity index (χ1) is 14.4. The Kier molecular flexibility index (Phi) is 3.99. The van der Waals surface area contributed by atoms with Crippen molar-refractivity contribution in [3.05, 3.63) is 53.6 Å². The van der Waals surface area contributed by atoms with Crippen molar-refractivity contribution in [2.24, 2.45) is 0 Å². The van der Waals surface area contributed by atoms with Crippen molar-refractivity contribution in [1.82, 2.24) is 10.2 Å². The van der Waals surface area contributed by atoms with Crippen molar-refractivity contribution in [1.29, 1.82) is 0 Å². The molecular formula is C22H21N3O5. The monoisotopic (exact) mass is 407 g/mol. The summed E-state index contributed by atoms with van der Waals surface area (Å²) in [7, 11) is 0. The van der Waals surface area contributed by atoms with Gasteiger partial charge in [-0.05, 0) is 49.6 Å². The molecule has 1 saturated heterocycles. The van der Waals surface area contributed by atoms with Crippen molar-refractivity contribution in [2.75, 3.05) is 18.2 Å². The first kappa shape index (κ1) is 18.5. The molecule has 2 aromatic carbocycles. The molecule has 1 fully saturated rings. The number of fused-ring (bicyclic) bond motifs is 2. The van der Waals surface area contributed by atoms with E-state index in [9.17, 15) is 14.4 Å². The number of nitrogens with zero attached hydrogens (tertiary/aromatic N) is 2. The molecule has 0 unspecified atom stereocenters. The Bertz CT molecular complexity index is 1080. The van der Waals surface area contributed by atoms with Gasteiger partial charge < -0.3 is 19.7 Å². The lowest BCUT2D eigenvalue weighted by Crippen LogP contribution is -2.46. The second-order valence-electron chi connectivity index (χ2n) is 7.96. The Morgan fingerprint density at radius 2 is 1.93 bits per heavy atom. The first-order valence-corrected chi connectivity index (χ1v) is 9.82. The lowest BCUT2D eigenvalue weighted by atomic mass is 9.91. The van der Waals surface area contributed by atoms with Crippen LogP contribution in [0.15, 0.2) is 42.5 Å². The minimum absolute atomic E-state index is 0.0316. The number of carbonyl (C=O) groups is 3. The smallest absolute Gasteiger partial charge is 0.325 e. The summed E-state index contributed by atoms with van der Waals surface area (Å²) in [6.45, 7) is 3.39. The molecule has 4 amide bonds. The third-order valence-corrected chi connectivity index (χ3v) is 5.99. The van der Waals surface area contributed by atoms with Gasteiger partial charge in [0.25, 0.3) is 5.91 Å². The largest absolute Gasteiger partial charge is 0.454 e. The number of para-hydroxylation sites is 1. The fourth-order valence-electron chi connectivity index (χ4n) is 4.40. The van der Waals surface area contributed by atoms with E-state index in [-0.39, 0.29) is 25.3 Å². The van der Waals surface area contributed by atoms with Crippen LogP contribution in [0.2, 0.25) is 0 Å². The number of hydrogen-bond acceptors (Lipinski definition) is 5. The normalized spacial score (nSPS) is 24.3. The van der Waals surface area contributed by atoms with Gasteiger partial charge in [-0.3, -0.25) is 14.5 Å². The number of anilines is 1. The molecule has 0 bridgehead atoms. The van der Waals surface area contributed by atoms with Gasteiger partial charge in [0.05, 0.1) is 0 Å². The van der Waals surface area contributed by atoms with E-state index < -0.39 is 17.5 Å². The number of hydrogen-bond donors (Lipinski definition) is 1. The number of ether oxygens (including phenoxy) is 2. The highest BCUT2D eigenvalue weighted by Crippen LogP contribution is 2.38. The second kappa shape index (κ2) is 6.48. The van der Waals surface area contributed by atoms with Crippen molar-refractivity contribution in [3.8, 4) is 11.5 Å². The summed E-state index contributed by atoms with van der Waals surface area (Å²) in [5, 5.41) is 2.73. The number of nitrogens with one attached hydrogen (secondary N) is 1. The summed E-state index contributed by atoms with van der Waals surface area (Å²) in [4.78, 5) is 41.6. The molecule has 8 nitrogen and oxygen atoms in total. The van der Waals surface area contributed by atoms with Crippen LogP contribution in [-0.4, -0.2) is 42.1 Å². The maximum absolute atomic E-state index is 13.2. The lowest BCUT2D eigenvalue weighted by molar-refractivity contribution is -0.134. The van der Waals surface area contributed by atoms with Crippen LogP contribution in [0.25, 0.3) is 0 Å². The third kappa shape index (κ3) is 2.63. The number of rotatable bonds is 3. The molecule has 1 N–H and O–H groups in total. The molecule has 0 aliphatic carbocycles. The van der Waals surface area contributed by atoms with Crippen LogP contribution in [0.3, 0.4) is 0 Å². The van der Waals surface area contributed by atoms with Gasteiger partial charge in [0, 0.05) is 11.7 Å². The third-order valence-electron chi connectivity index (χ3n) is 5.99. The van der Waals surface area contributed by atoms with Gasteiger partial charge >= 0.3 is 6.03 Å². The lowest BCUT2D eigenvalue weighted by Gasteiger charge is -2.25. The average molecular weight is 407 g/mol. The Morgan fingerprint density at radius 1 is 1.17 bits per heavy atom. The molecule has 8 heteroatoms. The van der Waals surface area contributed by atoms with Gasteiger partial charge in [-0.25, -0.2) is 4.79 Å². The summed E-state index contributed by atoms with van der Waals surface area (Å²) in [6, 6.07) is 12.2. The van der Waals surface area contributed by atoms with E-state index in [2.05, 4.69) is 5.32 Å². The molecule has 0 radical (unpaired) electrons. The van der Waals surface area contributed by atoms with E-state index in [1.807, 2.05) is 31.2 Å². The molecule has 5 rings (SSSR count). The fourth-order valence-corrected chi connectivity index (χ4v) is 4.40. The van der Waals surface area contributed by atoms with Crippen LogP contribution in [-0.2, 0) is 21.5 Å². The predicted molar refractivity (Wildman–Crippen MR) is 107 cm³/mol. The molecule has 154 valence electrons. The van der Waals surface area contributed by atoms with Crippen molar-refractivity contribution >= 4 is 23.5 Å². The van der Waals surface area contributed by atoms with Gasteiger partial charge in [-0.1, -0.05) is 24.3 Å². The SMILES string of the molecule is C[C@H]1Cc2ccccc2N1C(=O)CN1C(=O)N[C@](C)(c2ccc3c(c2)OCO3)C1=O. The van der Waals surface area contributed by atoms with Crippen LogP contribution in [0, 0.1) is 0 Å². The van der Waals surface area contributed by atoms with Crippen LogP contribution in [0.5, 0.6) is 11.5 Å². The zero-order valence-corrected chi connectivity index (χ0v) is 16.7. The Labute approximate surface area is 173 Å². The quantitative estimate of drug-likeness (QED) is 0.788. The number of amides is 4. The molecule has 3 aliphatic rings. The molecule has 0 spiro atoms. The van der Waals surface area contributed by atoms with Gasteiger partial charge in [0.1, 0.15) is 12.1 Å². The van der Waals surface area contributed by atoms with E-state index in [0.717, 1.165) is 22.6 Å². The highest BCUT2D eigenvalue weighted by Gasteiger charge is 2.50. The van der Waals surface area contributed by atoms with Crippen LogP contribution < -0.4 is 19.7 Å². The van der Waals surface area contributed by atoms with Crippen LogP contribution in [0.1, 0.15) is 25.0 Å². The van der Waals surface area contributed by atoms with E-state index in [4.69, 9.17) is 9.47 Å². The minimum Gasteiger partial charge on any atom is -0.454 e. The number of imide groups is 1. The number of benzene rings is 2. The number of carbonyl (C=O) groups excluding carboxylic acids is 3. The van der Waals surface area contributed by atoms with Gasteiger partial charge in [0.2, 0.25) is 12.7 Å². The predicted octanol–water partition coefficient (Wildman–Crippen LogP) is 2.16. The maximum atomic E-state index is 13.2. The van der Waals surface area contributed by atoms with E-state index >= 15 is 0 Å². The second-order valence-corrected chi connectivity index (χ2v) is 7.96. The van der Waals surface area contributed by atoms with Crippen molar-refractivity contribution in [2.45, 2.75) is 31.8 Å². The zero-order valence-electron chi connectivity index (χ0n) is 16.7. The Morgan fingerprint density at radius 3 is 2.77 bits per heavy atom. The van der Waals surface area contributed by atoms with Gasteiger partial charge in [0.15, 0.2) is 11.5 Å². The highest BCUT2D eigenvalue weighted by atomic mass is 16.7. The average Bonchev–Trinajstić information content (AvgIpc) is 3.38. The van der Waals surface area contributed by atoms with Gasteiger partial charge in [-0.2, -0.15) is 0 Å². The molecule has 3 aliphatic heterocycles. The summed E-state index contributed by atoms with van der Waals surface area (Å²) >= 11 is 0. The standard InChI is InChI=1S/C22H21N3O5/c1-13-9-14-5-3-4-6-16(14)25(13)19(26)11-24-20(27)22(2,23-21(24)28)15-7-8-17-18(10-15)30-12-29-17/h3-8,10,13H,9,11-12H2,1-2H3,(H,23,28)/t13-,22+/m0/s1. The van der Waals surface area contributed by atoms with Crippen LogP contribution in [0.4, 0.5) is 10.5 Å². The van der Waals surface area contributed by atoms with Gasteiger partial charge in [-0.15, -0.1) is 0 Å². The minimum atomic E-state index is -1.28. The van der Waals surface area contributed by atoms with E-state index in [1.165, 1.54) is 0 Å². The summed E-state index contributed by atoms with van der Waals surface area (Å²) in [6.07, 6.45) is 0.747. The summed E-state index contributed by atoms with van der Waals surface area (Å²) in [5.41, 5.74) is 1.20. The topological polar surface area (TPSA) is 88.2 Å². The number of urea groups is 1. The molecule has 2 aromatic rings. The maximum Gasteiger partial charge on any atom is 0.325 e. The highest BCUT2D eigenvalue weighted by molar-refractivity contribution is 6.11. The Hall–Kier alpha value is -3.55. The van der Waals surface area contributed by atoms with E-state index in [0.29, 0.717) is 17.1 Å². The van der Waals surface area contributed by atoms with Crippen molar-refractivity contribution < 1.29 is 23.9 Å². The summed E-state index contributed by atoms with van der Waals surface area (Å²) < 4.78 is 10.7. The zero-order chi connectivity index (χ0) is 21.0. The molecular weight excluding hydrogens is 386 g/mol. The molecule has 0 aromatic heterocycles. The fraction of sp³-hybridized carbons (Fsp3) is 0.318. The molecule has 3 heterocycles.